The molecule has 1 saturated carbocycles. The number of halogens is 1. The Balaban J connectivity index is 1.40. The van der Waals surface area contributed by atoms with Crippen LogP contribution in [0.25, 0.3) is 0 Å². The summed E-state index contributed by atoms with van der Waals surface area (Å²) in [5.41, 5.74) is 3.34. The minimum absolute atomic E-state index is 0.0852. The Bertz CT molecular complexity index is 1480. The standard InChI is InChI=1S/C31H38ClN3O5S/c1-19-12-29(36)33-15-23-5-6-24(23)16-35-17-31(11-3-4-21-13-25(32)8-9-26(21)31)18-40-28-10-7-22(14-27(28)35)30(37)34-41(38,39)20(19)2/h7-10,13-14,19-20,23-24H,3-6,11-12,15-18H2,1-2H3,(H,33,36)(H,34,37)/t19-,20+,23-,24-,31?/m0/s1. The fraction of sp³-hybridized carbons (Fsp3) is 0.548. The molecule has 6 rings (SSSR count). The molecule has 2 amide bonds. The molecule has 41 heavy (non-hydrogen) atoms. The van der Waals surface area contributed by atoms with E-state index in [2.05, 4.69) is 27.1 Å². The first kappa shape index (κ1) is 28.3. The van der Waals surface area contributed by atoms with Crippen molar-refractivity contribution in [2.45, 2.75) is 63.0 Å². The average molecular weight is 600 g/mol. The van der Waals surface area contributed by atoms with Crippen LogP contribution < -0.4 is 19.7 Å². The molecule has 2 aliphatic heterocycles. The van der Waals surface area contributed by atoms with E-state index in [9.17, 15) is 18.0 Å². The molecule has 4 aliphatic rings. The van der Waals surface area contributed by atoms with Crippen LogP contribution in [0.5, 0.6) is 5.75 Å². The quantitative estimate of drug-likeness (QED) is 0.464. The highest BCUT2D eigenvalue weighted by Gasteiger charge is 2.43. The molecule has 1 unspecified atom stereocenters. The van der Waals surface area contributed by atoms with Crippen molar-refractivity contribution in [2.24, 2.45) is 17.8 Å². The lowest BCUT2D eigenvalue weighted by molar-refractivity contribution is -0.122. The molecule has 2 N–H and O–H groups in total. The van der Waals surface area contributed by atoms with Crippen LogP contribution in [0, 0.1) is 17.8 Å². The van der Waals surface area contributed by atoms with E-state index < -0.39 is 27.1 Å². The highest BCUT2D eigenvalue weighted by molar-refractivity contribution is 7.90. The van der Waals surface area contributed by atoms with Crippen LogP contribution in [0.2, 0.25) is 5.02 Å². The molecule has 0 aromatic heterocycles. The highest BCUT2D eigenvalue weighted by Crippen LogP contribution is 2.46. The normalized spacial score (nSPS) is 31.4. The van der Waals surface area contributed by atoms with E-state index in [-0.39, 0.29) is 23.3 Å². The molecule has 2 aromatic rings. The molecule has 2 aromatic carbocycles. The first-order valence-electron chi connectivity index (χ1n) is 14.7. The van der Waals surface area contributed by atoms with Gasteiger partial charge < -0.3 is 15.0 Å². The fourth-order valence-electron chi connectivity index (χ4n) is 7.05. The molecule has 10 heteroatoms. The first-order chi connectivity index (χ1) is 19.5. The van der Waals surface area contributed by atoms with Crippen LogP contribution in [-0.4, -0.2) is 51.7 Å². The van der Waals surface area contributed by atoms with E-state index in [4.69, 9.17) is 16.3 Å². The number of carbonyl (C=O) groups excluding carboxylic acids is 2. The molecule has 8 nitrogen and oxygen atoms in total. The number of nitrogens with one attached hydrogen (secondary N) is 2. The number of hydrogen-bond acceptors (Lipinski definition) is 6. The van der Waals surface area contributed by atoms with Gasteiger partial charge in [0.2, 0.25) is 15.9 Å². The average Bonchev–Trinajstić information content (AvgIpc) is 3.06. The summed E-state index contributed by atoms with van der Waals surface area (Å²) in [5, 5.41) is 2.88. The third-order valence-corrected chi connectivity index (χ3v) is 12.1. The van der Waals surface area contributed by atoms with E-state index in [0.29, 0.717) is 37.3 Å². The second-order valence-electron chi connectivity index (χ2n) is 12.6. The lowest BCUT2D eigenvalue weighted by Crippen LogP contribution is -2.49. The third kappa shape index (κ3) is 5.43. The summed E-state index contributed by atoms with van der Waals surface area (Å²) >= 11 is 6.37. The fourth-order valence-corrected chi connectivity index (χ4v) is 8.51. The highest BCUT2D eigenvalue weighted by atomic mass is 35.5. The van der Waals surface area contributed by atoms with Crippen LogP contribution in [0.1, 0.15) is 67.4 Å². The van der Waals surface area contributed by atoms with Crippen molar-refractivity contribution < 1.29 is 22.7 Å². The predicted octanol–water partition coefficient (Wildman–Crippen LogP) is 4.44. The first-order valence-corrected chi connectivity index (χ1v) is 16.6. The summed E-state index contributed by atoms with van der Waals surface area (Å²) in [5.74, 6) is 0.127. The second-order valence-corrected chi connectivity index (χ2v) is 15.0. The van der Waals surface area contributed by atoms with E-state index in [1.165, 1.54) is 11.1 Å². The lowest BCUT2D eigenvalue weighted by atomic mass is 9.69. The van der Waals surface area contributed by atoms with Crippen molar-refractivity contribution in [3.63, 3.8) is 0 Å². The van der Waals surface area contributed by atoms with Crippen molar-refractivity contribution >= 4 is 39.1 Å². The molecule has 0 radical (unpaired) electrons. The van der Waals surface area contributed by atoms with Gasteiger partial charge in [-0.25, -0.2) is 13.1 Å². The van der Waals surface area contributed by atoms with Crippen LogP contribution in [-0.2, 0) is 26.7 Å². The Morgan fingerprint density at radius 3 is 2.66 bits per heavy atom. The summed E-state index contributed by atoms with van der Waals surface area (Å²) in [6.07, 6.45) is 5.17. The number of carbonyl (C=O) groups is 2. The smallest absolute Gasteiger partial charge is 0.264 e. The number of rotatable bonds is 0. The number of nitrogens with zero attached hydrogens (tertiary/aromatic N) is 1. The Kier molecular flexibility index (Phi) is 7.47. The van der Waals surface area contributed by atoms with Crippen LogP contribution in [0.3, 0.4) is 0 Å². The molecule has 2 heterocycles. The van der Waals surface area contributed by atoms with E-state index in [0.717, 1.165) is 49.4 Å². The maximum atomic E-state index is 13.3. The number of aryl methyl sites for hydroxylation is 1. The molecular formula is C31H38ClN3O5S. The SMILES string of the molecule is C[C@@H]1[C@@H](C)CC(=O)NC[C@@H]2CC[C@H]2CN2CC3(CCCc4cc(Cl)ccc43)COc3ccc(cc32)C(=O)NS1(=O)=O. The predicted molar refractivity (Wildman–Crippen MR) is 159 cm³/mol. The van der Waals surface area contributed by atoms with Gasteiger partial charge in [0.15, 0.2) is 0 Å². The number of ether oxygens (including phenoxy) is 1. The maximum Gasteiger partial charge on any atom is 0.264 e. The monoisotopic (exact) mass is 599 g/mol. The van der Waals surface area contributed by atoms with Crippen molar-refractivity contribution in [3.05, 3.63) is 58.1 Å². The topological polar surface area (TPSA) is 105 Å². The van der Waals surface area contributed by atoms with Gasteiger partial charge in [-0.15, -0.1) is 0 Å². The second kappa shape index (κ2) is 10.8. The number of anilines is 1. The van der Waals surface area contributed by atoms with Crippen LogP contribution >= 0.6 is 11.6 Å². The largest absolute Gasteiger partial charge is 0.490 e. The minimum Gasteiger partial charge on any atom is -0.490 e. The van der Waals surface area contributed by atoms with Gasteiger partial charge in [0, 0.05) is 42.1 Å². The van der Waals surface area contributed by atoms with Gasteiger partial charge in [-0.3, -0.25) is 9.59 Å². The van der Waals surface area contributed by atoms with E-state index >= 15 is 0 Å². The Morgan fingerprint density at radius 1 is 1.07 bits per heavy atom. The number of fused-ring (bicyclic) bond motifs is 4. The number of sulfonamides is 1. The van der Waals surface area contributed by atoms with Gasteiger partial charge in [0.05, 0.1) is 17.5 Å². The molecule has 5 atom stereocenters. The van der Waals surface area contributed by atoms with Gasteiger partial charge in [0.1, 0.15) is 5.75 Å². The summed E-state index contributed by atoms with van der Waals surface area (Å²) in [4.78, 5) is 28.4. The Morgan fingerprint density at radius 2 is 1.88 bits per heavy atom. The van der Waals surface area contributed by atoms with E-state index in [1.54, 1.807) is 32.0 Å². The van der Waals surface area contributed by atoms with E-state index in [1.807, 2.05) is 6.07 Å². The van der Waals surface area contributed by atoms with Crippen molar-refractivity contribution in [2.75, 3.05) is 31.1 Å². The van der Waals surface area contributed by atoms with Crippen molar-refractivity contribution in [1.29, 1.82) is 0 Å². The lowest BCUT2D eigenvalue weighted by Gasteiger charge is -2.44. The molecular weight excluding hydrogens is 562 g/mol. The van der Waals surface area contributed by atoms with Gasteiger partial charge in [-0.2, -0.15) is 0 Å². The molecule has 2 bridgehead atoms. The van der Waals surface area contributed by atoms with Crippen LogP contribution in [0.4, 0.5) is 5.69 Å². The molecule has 1 fully saturated rings. The number of amides is 2. The zero-order valence-electron chi connectivity index (χ0n) is 23.6. The van der Waals surface area contributed by atoms with Gasteiger partial charge in [0.25, 0.3) is 5.91 Å². The zero-order chi connectivity index (χ0) is 28.9. The zero-order valence-corrected chi connectivity index (χ0v) is 25.2. The van der Waals surface area contributed by atoms with Crippen LogP contribution in [0.15, 0.2) is 36.4 Å². The van der Waals surface area contributed by atoms with Gasteiger partial charge in [-0.1, -0.05) is 24.6 Å². The van der Waals surface area contributed by atoms with Gasteiger partial charge in [-0.05, 0) is 98.2 Å². The Hall–Kier alpha value is -2.78. The molecule has 1 spiro atoms. The number of benzene rings is 2. The number of hydrogen-bond donors (Lipinski definition) is 2. The summed E-state index contributed by atoms with van der Waals surface area (Å²) in [6, 6.07) is 11.4. The maximum absolute atomic E-state index is 13.3. The Labute approximate surface area is 247 Å². The molecule has 0 saturated heterocycles. The van der Waals surface area contributed by atoms with Crippen molar-refractivity contribution in [1.82, 2.24) is 10.0 Å². The van der Waals surface area contributed by atoms with Crippen molar-refractivity contribution in [3.8, 4) is 5.75 Å². The molecule has 2 aliphatic carbocycles. The summed E-state index contributed by atoms with van der Waals surface area (Å²) in [7, 11) is -4.00. The summed E-state index contributed by atoms with van der Waals surface area (Å²) < 4.78 is 35.0. The summed E-state index contributed by atoms with van der Waals surface area (Å²) in [6.45, 7) is 5.83. The van der Waals surface area contributed by atoms with Gasteiger partial charge >= 0.3 is 0 Å². The third-order valence-electron chi connectivity index (χ3n) is 9.92. The molecule has 220 valence electrons. The minimum atomic E-state index is -4.00.